The maximum Gasteiger partial charge on any atom is 0.673 e. The minimum Gasteiger partial charge on any atom is -0.418 e. The number of hydrogen-bond acceptors (Lipinski definition) is 3. The van der Waals surface area contributed by atoms with Crippen LogP contribution in [0.1, 0.15) is 13.8 Å². The molecular formula is C11H18B3F12N2O2S-3. The molecule has 186 valence electrons. The molecule has 0 spiro atoms. The smallest absolute Gasteiger partial charge is 0.418 e. The molecule has 31 heavy (non-hydrogen) atoms. The molecular weight excluding hydrogens is 485 g/mol. The number of benzene rings is 1. The van der Waals surface area contributed by atoms with Crippen molar-refractivity contribution in [1.82, 2.24) is 10.1 Å². The standard InChI is InChI=1S/C9H9NO2S.C2H6.3BF4.H3N/c1-13(11,12)10-7-6-8-4-2-3-5-9(8)10;1-2;3*2-1(3,4)5;/h2-7H,1H3;1-2H3;;;;1H3/q;;3*-1;. The van der Waals surface area contributed by atoms with Gasteiger partial charge in [0.1, 0.15) is 0 Å². The molecule has 1 aromatic carbocycles. The number of fused-ring (bicyclic) bond motifs is 1. The van der Waals surface area contributed by atoms with Gasteiger partial charge in [-0.2, -0.15) is 0 Å². The zero-order chi connectivity index (χ0) is 25.0. The summed E-state index contributed by atoms with van der Waals surface area (Å²) in [5.74, 6) is 0. The first-order chi connectivity index (χ1) is 13.1. The van der Waals surface area contributed by atoms with Crippen molar-refractivity contribution >= 4 is 42.7 Å². The lowest BCUT2D eigenvalue weighted by atomic mass is 10.3. The summed E-state index contributed by atoms with van der Waals surface area (Å²) in [5, 5.41) is 0.938. The molecule has 0 aliphatic carbocycles. The second-order valence-electron chi connectivity index (χ2n) is 4.42. The van der Waals surface area contributed by atoms with E-state index in [2.05, 4.69) is 0 Å². The molecule has 1 heterocycles. The maximum atomic E-state index is 11.3. The van der Waals surface area contributed by atoms with E-state index in [-0.39, 0.29) is 6.15 Å². The quantitative estimate of drug-likeness (QED) is 0.355. The van der Waals surface area contributed by atoms with Crippen LogP contribution in [0.25, 0.3) is 10.9 Å². The molecule has 0 radical (unpaired) electrons. The van der Waals surface area contributed by atoms with Crippen LogP contribution >= 0.6 is 0 Å². The van der Waals surface area contributed by atoms with Gasteiger partial charge in [0.05, 0.1) is 11.8 Å². The monoisotopic (exact) mass is 503 g/mol. The average molecular weight is 503 g/mol. The van der Waals surface area contributed by atoms with Crippen molar-refractivity contribution in [3.05, 3.63) is 36.5 Å². The van der Waals surface area contributed by atoms with Gasteiger partial charge in [-0.05, 0) is 12.1 Å². The second-order valence-corrected chi connectivity index (χ2v) is 6.28. The zero-order valence-electron chi connectivity index (χ0n) is 16.1. The van der Waals surface area contributed by atoms with Crippen LogP contribution in [-0.4, -0.2) is 40.4 Å². The molecule has 0 aliphatic rings. The SMILES string of the molecule is CC.CS(=O)(=O)n1ccc2ccccc21.F[B-](F)(F)F.F[B-](F)(F)F.F[B-](F)(F)F.N. The van der Waals surface area contributed by atoms with Crippen molar-refractivity contribution in [2.45, 2.75) is 13.8 Å². The Morgan fingerprint density at radius 1 is 0.677 bits per heavy atom. The number of nitrogens with zero attached hydrogens (tertiary/aromatic N) is 1. The number of para-hydroxylation sites is 1. The van der Waals surface area contributed by atoms with E-state index in [1.54, 1.807) is 18.3 Å². The Bertz CT molecular complexity index is 775. The summed E-state index contributed by atoms with van der Waals surface area (Å²) in [6.07, 6.45) is 2.76. The van der Waals surface area contributed by atoms with E-state index in [1.165, 1.54) is 10.2 Å². The van der Waals surface area contributed by atoms with E-state index in [0.717, 1.165) is 10.9 Å². The summed E-state index contributed by atoms with van der Waals surface area (Å²) in [4.78, 5) is 0. The molecule has 3 N–H and O–H groups in total. The fourth-order valence-corrected chi connectivity index (χ4v) is 2.15. The van der Waals surface area contributed by atoms with E-state index in [9.17, 15) is 60.2 Å². The number of aromatic nitrogens is 1. The fraction of sp³-hybridized carbons (Fsp3) is 0.273. The summed E-state index contributed by atoms with van der Waals surface area (Å²) in [6, 6.07) is 9.17. The Morgan fingerprint density at radius 3 is 1.26 bits per heavy atom. The Hall–Kier alpha value is -1.98. The first kappa shape index (κ1) is 36.4. The summed E-state index contributed by atoms with van der Waals surface area (Å²) >= 11 is 0. The van der Waals surface area contributed by atoms with E-state index < -0.39 is 31.8 Å². The van der Waals surface area contributed by atoms with Crippen molar-refractivity contribution in [2.75, 3.05) is 6.26 Å². The Balaban J connectivity index is -0.000000172. The van der Waals surface area contributed by atoms with Crippen LogP contribution in [0.4, 0.5) is 51.8 Å². The normalized spacial score (nSPS) is 11.1. The topological polar surface area (TPSA) is 74.1 Å². The number of hydrogen-bond donors (Lipinski definition) is 1. The van der Waals surface area contributed by atoms with E-state index in [4.69, 9.17) is 0 Å². The molecule has 20 heteroatoms. The highest BCUT2D eigenvalue weighted by Crippen LogP contribution is 2.16. The van der Waals surface area contributed by atoms with Crippen LogP contribution in [0.5, 0.6) is 0 Å². The third-order valence-corrected chi connectivity index (χ3v) is 2.95. The Morgan fingerprint density at radius 2 is 0.968 bits per heavy atom. The van der Waals surface area contributed by atoms with Crippen LogP contribution in [0.3, 0.4) is 0 Å². The second kappa shape index (κ2) is 14.9. The minimum absolute atomic E-state index is 0. The molecule has 0 amide bonds. The lowest BCUT2D eigenvalue weighted by Gasteiger charge is -2.00. The largest absolute Gasteiger partial charge is 0.673 e. The highest BCUT2D eigenvalue weighted by molar-refractivity contribution is 7.89. The number of rotatable bonds is 1. The van der Waals surface area contributed by atoms with Gasteiger partial charge in [-0.15, -0.1) is 0 Å². The first-order valence-corrected chi connectivity index (χ1v) is 9.32. The fourth-order valence-electron chi connectivity index (χ4n) is 1.35. The van der Waals surface area contributed by atoms with E-state index in [1.807, 2.05) is 32.0 Å². The predicted molar refractivity (Wildman–Crippen MR) is 99.1 cm³/mol. The van der Waals surface area contributed by atoms with Crippen LogP contribution in [0.15, 0.2) is 36.5 Å². The van der Waals surface area contributed by atoms with Gasteiger partial charge < -0.3 is 57.9 Å². The highest BCUT2D eigenvalue weighted by atomic mass is 32.2. The van der Waals surface area contributed by atoms with Crippen molar-refractivity contribution in [3.8, 4) is 0 Å². The molecule has 0 atom stereocenters. The lowest BCUT2D eigenvalue weighted by Crippen LogP contribution is -2.07. The molecule has 0 unspecified atom stereocenters. The summed E-state index contributed by atoms with van der Waals surface area (Å²) in [5.41, 5.74) is 0.727. The zero-order valence-corrected chi connectivity index (χ0v) is 16.9. The third-order valence-electron chi connectivity index (χ3n) is 1.92. The molecule has 0 saturated heterocycles. The van der Waals surface area contributed by atoms with Crippen molar-refractivity contribution in [3.63, 3.8) is 0 Å². The molecule has 4 nitrogen and oxygen atoms in total. The summed E-state index contributed by atoms with van der Waals surface area (Å²) in [6.45, 7) is 4.00. The van der Waals surface area contributed by atoms with Crippen LogP contribution in [0.2, 0.25) is 0 Å². The van der Waals surface area contributed by atoms with E-state index >= 15 is 0 Å². The minimum atomic E-state index is -6.00. The molecule has 2 rings (SSSR count). The Kier molecular flexibility index (Phi) is 17.5. The molecule has 1 aromatic heterocycles. The van der Waals surface area contributed by atoms with Gasteiger partial charge in [-0.3, -0.25) is 0 Å². The van der Waals surface area contributed by atoms with E-state index in [0.29, 0.717) is 0 Å². The van der Waals surface area contributed by atoms with Gasteiger partial charge in [0.25, 0.3) is 0 Å². The molecule has 0 saturated carbocycles. The summed E-state index contributed by atoms with van der Waals surface area (Å²) in [7, 11) is -21.2. The lowest BCUT2D eigenvalue weighted by molar-refractivity contribution is 0.366. The Labute approximate surface area is 170 Å². The summed E-state index contributed by atoms with van der Waals surface area (Å²) < 4.78 is 141. The van der Waals surface area contributed by atoms with Gasteiger partial charge in [-0.1, -0.05) is 32.0 Å². The van der Waals surface area contributed by atoms with Crippen LogP contribution in [0, 0.1) is 0 Å². The van der Waals surface area contributed by atoms with Gasteiger partial charge in [-0.25, -0.2) is 12.4 Å². The van der Waals surface area contributed by atoms with Crippen molar-refractivity contribution < 1.29 is 60.2 Å². The van der Waals surface area contributed by atoms with Gasteiger partial charge in [0.2, 0.25) is 10.0 Å². The highest BCUT2D eigenvalue weighted by Gasteiger charge is 2.21. The third kappa shape index (κ3) is 32.9. The van der Waals surface area contributed by atoms with Crippen LogP contribution in [-0.2, 0) is 10.0 Å². The molecule has 0 fully saturated rings. The number of halogens is 12. The van der Waals surface area contributed by atoms with Crippen molar-refractivity contribution in [2.24, 2.45) is 0 Å². The van der Waals surface area contributed by atoms with Crippen molar-refractivity contribution in [1.29, 1.82) is 0 Å². The molecule has 0 aliphatic heterocycles. The van der Waals surface area contributed by atoms with Gasteiger partial charge in [0.15, 0.2) is 0 Å². The maximum absolute atomic E-state index is 11.3. The first-order valence-electron chi connectivity index (χ1n) is 7.47. The average Bonchev–Trinajstić information content (AvgIpc) is 2.88. The predicted octanol–water partition coefficient (Wildman–Crippen LogP) is 6.54. The molecule has 2 aromatic rings. The molecule has 0 bridgehead atoms. The van der Waals surface area contributed by atoms with Gasteiger partial charge in [0, 0.05) is 11.6 Å². The van der Waals surface area contributed by atoms with Gasteiger partial charge >= 0.3 is 21.8 Å². The van der Waals surface area contributed by atoms with Crippen LogP contribution < -0.4 is 6.15 Å².